The number of hydrogen-bond acceptors (Lipinski definition) is 7. The normalized spacial score (nSPS) is 14.7. The van der Waals surface area contributed by atoms with Crippen molar-refractivity contribution in [3.05, 3.63) is 0 Å². The molecular weight excluding hydrogens is 232 g/mol. The standard InChI is InChI=1S/C11H20N6O/c1-7(2)18-11-14-9(16-12)13-10(15-11)17(3)6-8-4-5-8/h7-8H,4-6,12H2,1-3H3,(H,13,14,15,16). The Morgan fingerprint density at radius 1 is 1.39 bits per heavy atom. The topological polar surface area (TPSA) is 89.2 Å². The van der Waals surface area contributed by atoms with Crippen LogP contribution in [0.2, 0.25) is 0 Å². The lowest BCUT2D eigenvalue weighted by molar-refractivity contribution is 0.222. The van der Waals surface area contributed by atoms with Crippen molar-refractivity contribution in [3.63, 3.8) is 0 Å². The van der Waals surface area contributed by atoms with Crippen LogP contribution in [0.25, 0.3) is 0 Å². The quantitative estimate of drug-likeness (QED) is 0.571. The molecule has 1 aromatic rings. The third-order valence-corrected chi connectivity index (χ3v) is 2.64. The van der Waals surface area contributed by atoms with Crippen molar-refractivity contribution in [2.75, 3.05) is 23.9 Å². The first-order valence-electron chi connectivity index (χ1n) is 6.19. The first-order chi connectivity index (χ1) is 8.58. The molecule has 2 rings (SSSR count). The second kappa shape index (κ2) is 5.34. The molecule has 0 unspecified atom stereocenters. The summed E-state index contributed by atoms with van der Waals surface area (Å²) in [5.74, 6) is 7.02. The third-order valence-electron chi connectivity index (χ3n) is 2.64. The fraction of sp³-hybridized carbons (Fsp3) is 0.727. The van der Waals surface area contributed by atoms with E-state index in [0.29, 0.717) is 17.9 Å². The van der Waals surface area contributed by atoms with E-state index in [2.05, 4.69) is 20.4 Å². The van der Waals surface area contributed by atoms with Gasteiger partial charge in [-0.15, -0.1) is 0 Å². The molecular formula is C11H20N6O. The molecule has 18 heavy (non-hydrogen) atoms. The second-order valence-corrected chi connectivity index (χ2v) is 4.88. The molecule has 0 bridgehead atoms. The zero-order valence-electron chi connectivity index (χ0n) is 11.1. The Morgan fingerprint density at radius 2 is 2.11 bits per heavy atom. The molecule has 0 spiro atoms. The van der Waals surface area contributed by atoms with E-state index in [9.17, 15) is 0 Å². The highest BCUT2D eigenvalue weighted by atomic mass is 16.5. The average Bonchev–Trinajstić information content (AvgIpc) is 3.11. The number of ether oxygens (including phenoxy) is 1. The number of nitrogens with one attached hydrogen (secondary N) is 1. The minimum Gasteiger partial charge on any atom is -0.461 e. The summed E-state index contributed by atoms with van der Waals surface area (Å²) < 4.78 is 5.48. The third kappa shape index (κ3) is 3.43. The predicted molar refractivity (Wildman–Crippen MR) is 69.4 cm³/mol. The van der Waals surface area contributed by atoms with Crippen molar-refractivity contribution >= 4 is 11.9 Å². The van der Waals surface area contributed by atoms with Crippen molar-refractivity contribution in [2.45, 2.75) is 32.8 Å². The van der Waals surface area contributed by atoms with Crippen molar-refractivity contribution in [1.29, 1.82) is 0 Å². The van der Waals surface area contributed by atoms with Gasteiger partial charge in [0.15, 0.2) is 0 Å². The molecule has 0 amide bonds. The molecule has 0 atom stereocenters. The number of rotatable bonds is 6. The Balaban J connectivity index is 2.15. The summed E-state index contributed by atoms with van der Waals surface area (Å²) in [4.78, 5) is 14.6. The summed E-state index contributed by atoms with van der Waals surface area (Å²) in [7, 11) is 1.97. The highest BCUT2D eigenvalue weighted by Crippen LogP contribution is 2.30. The number of hydrazine groups is 1. The minimum absolute atomic E-state index is 0.0135. The molecule has 1 aliphatic carbocycles. The molecule has 7 nitrogen and oxygen atoms in total. The Morgan fingerprint density at radius 3 is 2.67 bits per heavy atom. The average molecular weight is 252 g/mol. The molecule has 1 heterocycles. The molecule has 1 fully saturated rings. The van der Waals surface area contributed by atoms with Crippen LogP contribution in [-0.2, 0) is 0 Å². The molecule has 3 N–H and O–H groups in total. The van der Waals surface area contributed by atoms with E-state index < -0.39 is 0 Å². The largest absolute Gasteiger partial charge is 0.461 e. The number of nitrogen functional groups attached to an aromatic ring is 1. The lowest BCUT2D eigenvalue weighted by Gasteiger charge is -2.18. The van der Waals surface area contributed by atoms with E-state index in [0.717, 1.165) is 12.5 Å². The summed E-state index contributed by atoms with van der Waals surface area (Å²) in [6, 6.07) is 0.297. The Kier molecular flexibility index (Phi) is 3.81. The van der Waals surface area contributed by atoms with Gasteiger partial charge in [0.25, 0.3) is 0 Å². The number of anilines is 2. The van der Waals surface area contributed by atoms with Gasteiger partial charge in [0.2, 0.25) is 11.9 Å². The number of nitrogens with two attached hydrogens (primary N) is 1. The van der Waals surface area contributed by atoms with Crippen molar-refractivity contribution in [1.82, 2.24) is 15.0 Å². The molecule has 1 aromatic heterocycles. The first-order valence-corrected chi connectivity index (χ1v) is 6.19. The van der Waals surface area contributed by atoms with Crippen LogP contribution in [0.3, 0.4) is 0 Å². The van der Waals surface area contributed by atoms with E-state index >= 15 is 0 Å². The smallest absolute Gasteiger partial charge is 0.323 e. The molecule has 0 radical (unpaired) electrons. The van der Waals surface area contributed by atoms with E-state index in [1.165, 1.54) is 12.8 Å². The van der Waals surface area contributed by atoms with Crippen LogP contribution in [0, 0.1) is 5.92 Å². The van der Waals surface area contributed by atoms with E-state index in [-0.39, 0.29) is 6.10 Å². The van der Waals surface area contributed by atoms with Crippen LogP contribution in [0.5, 0.6) is 6.01 Å². The van der Waals surface area contributed by atoms with E-state index in [1.807, 2.05) is 25.8 Å². The maximum atomic E-state index is 5.48. The van der Waals surface area contributed by atoms with E-state index in [4.69, 9.17) is 10.6 Å². The molecule has 0 aromatic carbocycles. The first kappa shape index (κ1) is 12.8. The molecule has 7 heteroatoms. The summed E-state index contributed by atoms with van der Waals surface area (Å²) in [5.41, 5.74) is 2.44. The van der Waals surface area contributed by atoms with Crippen molar-refractivity contribution < 1.29 is 4.74 Å². The number of nitrogens with zero attached hydrogens (tertiary/aromatic N) is 4. The Bertz CT molecular complexity index is 407. The summed E-state index contributed by atoms with van der Waals surface area (Å²) >= 11 is 0. The zero-order chi connectivity index (χ0) is 13.1. The molecule has 0 aliphatic heterocycles. The maximum Gasteiger partial charge on any atom is 0.323 e. The summed E-state index contributed by atoms with van der Waals surface area (Å²) in [6.07, 6.45) is 2.58. The SMILES string of the molecule is CC(C)Oc1nc(NN)nc(N(C)CC2CC2)n1. The lowest BCUT2D eigenvalue weighted by Crippen LogP contribution is -2.24. The number of hydrogen-bond donors (Lipinski definition) is 2. The predicted octanol–water partition coefficient (Wildman–Crippen LogP) is 0.791. The van der Waals surface area contributed by atoms with Gasteiger partial charge < -0.3 is 9.64 Å². The van der Waals surface area contributed by atoms with Gasteiger partial charge in [-0.3, -0.25) is 5.43 Å². The van der Waals surface area contributed by atoms with Gasteiger partial charge in [-0.05, 0) is 32.6 Å². The van der Waals surface area contributed by atoms with Gasteiger partial charge in [0, 0.05) is 13.6 Å². The molecule has 100 valence electrons. The number of aromatic nitrogens is 3. The van der Waals surface area contributed by atoms with Gasteiger partial charge >= 0.3 is 6.01 Å². The molecule has 1 aliphatic rings. The minimum atomic E-state index is 0.0135. The van der Waals surface area contributed by atoms with Crippen molar-refractivity contribution in [3.8, 4) is 6.01 Å². The van der Waals surface area contributed by atoms with Crippen LogP contribution < -0.4 is 20.9 Å². The van der Waals surface area contributed by atoms with Crippen LogP contribution in [0.1, 0.15) is 26.7 Å². The van der Waals surface area contributed by atoms with Gasteiger partial charge in [-0.1, -0.05) is 0 Å². The van der Waals surface area contributed by atoms with Crippen LogP contribution in [0.15, 0.2) is 0 Å². The molecule has 0 saturated heterocycles. The highest BCUT2D eigenvalue weighted by molar-refractivity contribution is 5.37. The van der Waals surface area contributed by atoms with Crippen molar-refractivity contribution in [2.24, 2.45) is 11.8 Å². The van der Waals surface area contributed by atoms with E-state index in [1.54, 1.807) is 0 Å². The Hall–Kier alpha value is -1.63. The lowest BCUT2D eigenvalue weighted by atomic mass is 10.4. The zero-order valence-corrected chi connectivity index (χ0v) is 11.1. The van der Waals surface area contributed by atoms with Gasteiger partial charge in [-0.25, -0.2) is 5.84 Å². The maximum absolute atomic E-state index is 5.48. The van der Waals surface area contributed by atoms with Gasteiger partial charge in [0.05, 0.1) is 6.10 Å². The van der Waals surface area contributed by atoms with Gasteiger partial charge in [0.1, 0.15) is 0 Å². The van der Waals surface area contributed by atoms with Crippen LogP contribution in [0.4, 0.5) is 11.9 Å². The van der Waals surface area contributed by atoms with Crippen LogP contribution >= 0.6 is 0 Å². The molecule has 1 saturated carbocycles. The monoisotopic (exact) mass is 252 g/mol. The summed E-state index contributed by atoms with van der Waals surface area (Å²) in [5, 5.41) is 0. The van der Waals surface area contributed by atoms with Gasteiger partial charge in [-0.2, -0.15) is 15.0 Å². The summed E-state index contributed by atoms with van der Waals surface area (Å²) in [6.45, 7) is 4.80. The van der Waals surface area contributed by atoms with Crippen LogP contribution in [-0.4, -0.2) is 34.6 Å². The second-order valence-electron chi connectivity index (χ2n) is 4.88. The Labute approximate surface area is 107 Å². The fourth-order valence-electron chi connectivity index (χ4n) is 1.61. The highest BCUT2D eigenvalue weighted by Gasteiger charge is 2.24. The fourth-order valence-corrected chi connectivity index (χ4v) is 1.61.